The van der Waals surface area contributed by atoms with Gasteiger partial charge in [-0.25, -0.2) is 4.79 Å². The van der Waals surface area contributed by atoms with Gasteiger partial charge in [0.1, 0.15) is 36.6 Å². The number of aliphatic hydroxyl groups excluding tert-OH is 5. The summed E-state index contributed by atoms with van der Waals surface area (Å²) in [5, 5.41) is 64.0. The van der Waals surface area contributed by atoms with Gasteiger partial charge in [0.05, 0.1) is 25.7 Å². The van der Waals surface area contributed by atoms with Gasteiger partial charge in [-0.1, -0.05) is 19.9 Å². The summed E-state index contributed by atoms with van der Waals surface area (Å²) < 4.78 is 39.0. The summed E-state index contributed by atoms with van der Waals surface area (Å²) in [6.45, 7) is 3.01. The Morgan fingerprint density at radius 1 is 1.02 bits per heavy atom. The van der Waals surface area contributed by atoms with Crippen LogP contribution in [0.15, 0.2) is 11.6 Å². The van der Waals surface area contributed by atoms with Gasteiger partial charge in [0.2, 0.25) is 0 Å². The van der Waals surface area contributed by atoms with Crippen molar-refractivity contribution in [3.05, 3.63) is 11.6 Å². The van der Waals surface area contributed by atoms with E-state index in [4.69, 9.17) is 33.2 Å². The normalized spacial score (nSPS) is 50.7. The molecular formula is C29H44O15. The Morgan fingerprint density at radius 2 is 1.73 bits per heavy atom. The molecule has 0 aromatic carbocycles. The van der Waals surface area contributed by atoms with E-state index in [1.165, 1.54) is 21.3 Å². The minimum atomic E-state index is -2.19. The zero-order valence-corrected chi connectivity index (χ0v) is 25.4. The predicted octanol–water partition coefficient (Wildman–Crippen LogP) is -1.90. The number of methoxy groups -OCH3 is 3. The molecular weight excluding hydrogens is 588 g/mol. The fraction of sp³-hybridized carbons (Fsp3) is 0.862. The maximum Gasteiger partial charge on any atom is 0.334 e. The number of hydrogen-bond acceptors (Lipinski definition) is 15. The molecule has 5 rings (SSSR count). The molecule has 15 nitrogen and oxygen atoms in total. The lowest BCUT2D eigenvalue weighted by Gasteiger charge is -2.63. The van der Waals surface area contributed by atoms with Crippen LogP contribution < -0.4 is 0 Å². The first-order valence-electron chi connectivity index (χ1n) is 14.8. The molecule has 3 aliphatic heterocycles. The molecule has 5 aliphatic rings. The molecule has 15 atom stereocenters. The quantitative estimate of drug-likeness (QED) is 0.169. The van der Waals surface area contributed by atoms with E-state index in [1.54, 1.807) is 13.0 Å². The number of fused-ring (bicyclic) bond motifs is 3. The van der Waals surface area contributed by atoms with Crippen molar-refractivity contribution in [3.63, 3.8) is 0 Å². The van der Waals surface area contributed by atoms with E-state index < -0.39 is 108 Å². The van der Waals surface area contributed by atoms with Gasteiger partial charge in [-0.2, -0.15) is 0 Å². The molecule has 1 saturated carbocycles. The third-order valence-corrected chi connectivity index (χ3v) is 10.9. The van der Waals surface area contributed by atoms with E-state index in [9.17, 15) is 40.2 Å². The van der Waals surface area contributed by atoms with Crippen molar-refractivity contribution in [1.82, 2.24) is 0 Å². The van der Waals surface area contributed by atoms with Gasteiger partial charge in [0.15, 0.2) is 24.5 Å². The summed E-state index contributed by atoms with van der Waals surface area (Å²) >= 11 is 0. The van der Waals surface area contributed by atoms with Crippen LogP contribution in [0.1, 0.15) is 39.5 Å². The Bertz CT molecular complexity index is 1130. The third kappa shape index (κ3) is 4.83. The van der Waals surface area contributed by atoms with E-state index in [-0.39, 0.29) is 18.4 Å². The van der Waals surface area contributed by atoms with Crippen molar-refractivity contribution >= 4 is 11.9 Å². The van der Waals surface area contributed by atoms with Crippen LogP contribution in [-0.2, 0) is 42.7 Å². The fourth-order valence-corrected chi connectivity index (χ4v) is 8.44. The number of carbonyl (C=O) groups excluding carboxylic acids is 2. The number of allylic oxidation sites excluding steroid dienone is 1. The van der Waals surface area contributed by atoms with Crippen LogP contribution in [0.25, 0.3) is 0 Å². The highest BCUT2D eigenvalue weighted by molar-refractivity contribution is 5.90. The van der Waals surface area contributed by atoms with Gasteiger partial charge in [-0.15, -0.1) is 0 Å². The topological polar surface area (TPSA) is 220 Å². The highest BCUT2D eigenvalue weighted by Gasteiger charge is 2.70. The zero-order valence-electron chi connectivity index (χ0n) is 25.4. The number of carbonyl (C=O) groups is 2. The van der Waals surface area contributed by atoms with Gasteiger partial charge in [0.25, 0.3) is 0 Å². The summed E-state index contributed by atoms with van der Waals surface area (Å²) in [4.78, 5) is 27.1. The SMILES string of the molecule is COC(=O)C1=CCC[C@H]2[C@]3(C)C[C@@H](C4(O)C(OC)OC(OC)C4O)OC(=O)[C@@H]3C[C@@H](O[C@@H]3O[C@H](CO)[C@@H](O)[C@H](O)[C@H]3O)[C@@]12C. The van der Waals surface area contributed by atoms with Crippen LogP contribution in [0.2, 0.25) is 0 Å². The Balaban J connectivity index is 1.54. The molecule has 0 spiro atoms. The second-order valence-corrected chi connectivity index (χ2v) is 12.9. The number of ether oxygens (including phenoxy) is 7. The molecule has 44 heavy (non-hydrogen) atoms. The highest BCUT2D eigenvalue weighted by atomic mass is 16.8. The minimum absolute atomic E-state index is 0.0235. The van der Waals surface area contributed by atoms with Crippen LogP contribution in [0, 0.1) is 22.7 Å². The molecule has 15 heteroatoms. The van der Waals surface area contributed by atoms with E-state index in [1.807, 2.05) is 6.92 Å². The zero-order chi connectivity index (χ0) is 32.4. The lowest BCUT2D eigenvalue weighted by molar-refractivity contribution is -0.330. The number of rotatable bonds is 7. The summed E-state index contributed by atoms with van der Waals surface area (Å²) in [7, 11) is 3.82. The maximum absolute atomic E-state index is 13.9. The summed E-state index contributed by atoms with van der Waals surface area (Å²) in [6, 6.07) is 0. The molecule has 3 saturated heterocycles. The molecule has 0 bridgehead atoms. The van der Waals surface area contributed by atoms with E-state index in [2.05, 4.69) is 0 Å². The second-order valence-electron chi connectivity index (χ2n) is 12.9. The molecule has 250 valence electrons. The van der Waals surface area contributed by atoms with Gasteiger partial charge in [-0.05, 0) is 37.0 Å². The Morgan fingerprint density at radius 3 is 2.34 bits per heavy atom. The molecule has 6 N–H and O–H groups in total. The number of aliphatic hydroxyl groups is 6. The molecule has 0 amide bonds. The van der Waals surface area contributed by atoms with E-state index in [0.717, 1.165) is 0 Å². The van der Waals surface area contributed by atoms with Crippen molar-refractivity contribution in [2.45, 2.75) is 107 Å². The van der Waals surface area contributed by atoms with Crippen molar-refractivity contribution < 1.29 is 73.4 Å². The maximum atomic E-state index is 13.9. The number of hydrogen-bond donors (Lipinski definition) is 6. The predicted molar refractivity (Wildman–Crippen MR) is 144 cm³/mol. The smallest absolute Gasteiger partial charge is 0.334 e. The fourth-order valence-electron chi connectivity index (χ4n) is 8.44. The number of esters is 2. The largest absolute Gasteiger partial charge is 0.466 e. The van der Waals surface area contributed by atoms with E-state index >= 15 is 0 Å². The third-order valence-electron chi connectivity index (χ3n) is 10.9. The molecule has 4 fully saturated rings. The molecule has 4 unspecified atom stereocenters. The van der Waals surface area contributed by atoms with Crippen LogP contribution >= 0.6 is 0 Å². The first kappa shape index (κ1) is 33.6. The van der Waals surface area contributed by atoms with Crippen molar-refractivity contribution in [1.29, 1.82) is 0 Å². The monoisotopic (exact) mass is 632 g/mol. The minimum Gasteiger partial charge on any atom is -0.466 e. The Kier molecular flexibility index (Phi) is 9.25. The van der Waals surface area contributed by atoms with Gasteiger partial charge < -0.3 is 63.8 Å². The van der Waals surface area contributed by atoms with Gasteiger partial charge in [-0.3, -0.25) is 4.79 Å². The summed E-state index contributed by atoms with van der Waals surface area (Å²) in [5.74, 6) is -2.60. The number of cyclic esters (lactones) is 1. The lowest BCUT2D eigenvalue weighted by atomic mass is 9.44. The molecule has 0 aromatic heterocycles. The summed E-state index contributed by atoms with van der Waals surface area (Å²) in [5.41, 5.74) is -3.98. The van der Waals surface area contributed by atoms with Crippen molar-refractivity contribution in [3.8, 4) is 0 Å². The van der Waals surface area contributed by atoms with Crippen molar-refractivity contribution in [2.75, 3.05) is 27.9 Å². The van der Waals surface area contributed by atoms with Crippen LogP contribution in [0.5, 0.6) is 0 Å². The first-order valence-corrected chi connectivity index (χ1v) is 14.8. The average Bonchev–Trinajstić information content (AvgIpc) is 3.26. The van der Waals surface area contributed by atoms with Crippen molar-refractivity contribution in [2.24, 2.45) is 22.7 Å². The molecule has 0 radical (unpaired) electrons. The van der Waals surface area contributed by atoms with Gasteiger partial charge in [0, 0.05) is 25.2 Å². The van der Waals surface area contributed by atoms with Crippen LogP contribution in [0.3, 0.4) is 0 Å². The molecule has 0 aromatic rings. The molecule has 3 heterocycles. The van der Waals surface area contributed by atoms with Crippen LogP contribution in [0.4, 0.5) is 0 Å². The van der Waals surface area contributed by atoms with E-state index in [0.29, 0.717) is 12.8 Å². The Hall–Kier alpha value is -1.76. The summed E-state index contributed by atoms with van der Waals surface area (Å²) in [6.07, 6.45) is -11.5. The first-order chi connectivity index (χ1) is 20.7. The van der Waals surface area contributed by atoms with Crippen LogP contribution in [-0.4, -0.2) is 138 Å². The van der Waals surface area contributed by atoms with Gasteiger partial charge >= 0.3 is 11.9 Å². The second kappa shape index (κ2) is 12.1. The molecule has 2 aliphatic carbocycles. The lowest BCUT2D eigenvalue weighted by Crippen LogP contribution is -2.68. The standard InChI is InChI=1S/C29H44O15/c1-27-10-17(29(37)21(34)25(39-4)44-26(29)40-5)42-23(36)13(27)9-16(28(2)12(22(35)38-3)7-6-8-15(27)28)43-24-20(33)19(32)18(31)14(11-30)41-24/h7,13-21,24-26,30-34,37H,6,8-11H2,1-5H3/t13-,14+,15-,16+,17-,18+,19-,20+,21?,24-,25?,26?,27+,28-,29?/m0/s1. The Labute approximate surface area is 254 Å². The highest BCUT2D eigenvalue weighted by Crippen LogP contribution is 2.65. The average molecular weight is 633 g/mol.